The van der Waals surface area contributed by atoms with Crippen molar-refractivity contribution in [3.63, 3.8) is 0 Å². The number of nitrogens with two attached hydrogens (primary N) is 1. The van der Waals surface area contributed by atoms with E-state index in [9.17, 15) is 22.4 Å². The number of nitrogens with zero attached hydrogens (tertiary/aromatic N) is 2. The average Bonchev–Trinajstić information content (AvgIpc) is 3.10. The van der Waals surface area contributed by atoms with Gasteiger partial charge in [-0.2, -0.15) is 0 Å². The maximum absolute atomic E-state index is 15.3. The fourth-order valence-electron chi connectivity index (χ4n) is 4.05. The fraction of sp³-hybridized carbons (Fsp3) is 0.636. The quantitative estimate of drug-likeness (QED) is 0.463. The van der Waals surface area contributed by atoms with Crippen molar-refractivity contribution in [1.82, 2.24) is 9.38 Å². The smallest absolute Gasteiger partial charge is 0.314 e. The molecule has 0 radical (unpaired) electrons. The van der Waals surface area contributed by atoms with E-state index in [1.165, 1.54) is 22.9 Å². The maximum Gasteiger partial charge on any atom is 0.314 e. The molecule has 0 aromatic carbocycles. The largest absolute Gasteiger partial charge is 0.459 e. The monoisotopic (exact) mass is 461 g/mol. The first-order valence-corrected chi connectivity index (χ1v) is 10.6. The molecule has 0 unspecified atom stereocenters. The van der Waals surface area contributed by atoms with Crippen molar-refractivity contribution >= 4 is 11.6 Å². The van der Waals surface area contributed by atoms with Crippen molar-refractivity contribution in [2.75, 3.05) is 0 Å². The number of pyridine rings is 1. The van der Waals surface area contributed by atoms with Crippen LogP contribution in [0.3, 0.4) is 0 Å². The second kappa shape index (κ2) is 8.96. The molecular weight excluding hydrogens is 433 g/mol. The van der Waals surface area contributed by atoms with E-state index in [0.29, 0.717) is 5.69 Å². The summed E-state index contributed by atoms with van der Waals surface area (Å²) in [6.45, 7) is 4.77. The molecule has 3 rings (SSSR count). The zero-order valence-corrected chi connectivity index (χ0v) is 18.3. The van der Waals surface area contributed by atoms with Crippen LogP contribution in [0.25, 0.3) is 5.65 Å². The van der Waals surface area contributed by atoms with Gasteiger partial charge in [0.2, 0.25) is 12.3 Å². The van der Waals surface area contributed by atoms with E-state index < -0.39 is 48.1 Å². The lowest BCUT2D eigenvalue weighted by molar-refractivity contribution is -0.158. The molecule has 10 heteroatoms. The SMILES string of the molecule is CC(C)(C)OC(=O)[C@@H](CC(F)F)c1ccn2cc([C@@H](N)C3CCC(F)(F)CC3)nc2c1F. The minimum Gasteiger partial charge on any atom is -0.459 e. The van der Waals surface area contributed by atoms with E-state index in [4.69, 9.17) is 10.5 Å². The number of carbonyl (C=O) groups excluding carboxylic acids is 1. The number of ether oxygens (including phenoxy) is 1. The van der Waals surface area contributed by atoms with Gasteiger partial charge in [0.25, 0.3) is 0 Å². The highest BCUT2D eigenvalue weighted by Crippen LogP contribution is 2.40. The molecule has 1 fully saturated rings. The summed E-state index contributed by atoms with van der Waals surface area (Å²) >= 11 is 0. The van der Waals surface area contributed by atoms with Gasteiger partial charge in [-0.15, -0.1) is 0 Å². The third kappa shape index (κ3) is 5.57. The van der Waals surface area contributed by atoms with Gasteiger partial charge in [0, 0.05) is 37.2 Å². The van der Waals surface area contributed by atoms with E-state index in [-0.39, 0.29) is 42.8 Å². The predicted octanol–water partition coefficient (Wildman–Crippen LogP) is 5.38. The lowest BCUT2D eigenvalue weighted by Gasteiger charge is -2.31. The van der Waals surface area contributed by atoms with Crippen molar-refractivity contribution in [1.29, 1.82) is 0 Å². The fourth-order valence-corrected chi connectivity index (χ4v) is 4.05. The van der Waals surface area contributed by atoms with Gasteiger partial charge in [-0.05, 0) is 45.6 Å². The number of imidazole rings is 1. The Kier molecular flexibility index (Phi) is 6.83. The van der Waals surface area contributed by atoms with Gasteiger partial charge in [-0.3, -0.25) is 4.79 Å². The number of hydrogen-bond donors (Lipinski definition) is 1. The van der Waals surface area contributed by atoms with Gasteiger partial charge in [0.05, 0.1) is 17.7 Å². The molecule has 1 saturated carbocycles. The number of hydrogen-bond acceptors (Lipinski definition) is 4. The van der Waals surface area contributed by atoms with Crippen LogP contribution in [-0.4, -0.2) is 33.3 Å². The average molecular weight is 461 g/mol. The van der Waals surface area contributed by atoms with Crippen molar-refractivity contribution in [3.8, 4) is 0 Å². The third-order valence-electron chi connectivity index (χ3n) is 5.71. The number of carbonyl (C=O) groups is 1. The zero-order chi connectivity index (χ0) is 23.8. The second-order valence-electron chi connectivity index (χ2n) is 9.41. The van der Waals surface area contributed by atoms with Crippen molar-refractivity contribution in [2.45, 2.75) is 82.8 Å². The molecule has 0 aliphatic heterocycles. The molecule has 2 atom stereocenters. The molecule has 32 heavy (non-hydrogen) atoms. The molecule has 178 valence electrons. The van der Waals surface area contributed by atoms with Gasteiger partial charge in [-0.1, -0.05) is 0 Å². The van der Waals surface area contributed by atoms with Crippen LogP contribution in [0.4, 0.5) is 22.0 Å². The molecule has 2 aromatic rings. The summed E-state index contributed by atoms with van der Waals surface area (Å²) in [6.07, 6.45) is -0.910. The Labute approximate surface area is 183 Å². The molecule has 5 nitrogen and oxygen atoms in total. The second-order valence-corrected chi connectivity index (χ2v) is 9.41. The summed E-state index contributed by atoms with van der Waals surface area (Å²) in [7, 11) is 0. The lowest BCUT2D eigenvalue weighted by atomic mass is 9.81. The summed E-state index contributed by atoms with van der Waals surface area (Å²) in [6, 6.07) is 0.578. The van der Waals surface area contributed by atoms with Crippen LogP contribution in [0.2, 0.25) is 0 Å². The Bertz CT molecular complexity index is 960. The lowest BCUT2D eigenvalue weighted by Crippen LogP contribution is -2.31. The topological polar surface area (TPSA) is 69.6 Å². The van der Waals surface area contributed by atoms with Crippen LogP contribution < -0.4 is 5.73 Å². The standard InChI is InChI=1S/C22H28F5N3O2/c1-21(2,3)32-20(31)14(10-16(23)24)13-6-9-30-11-15(29-19(30)17(13)25)18(28)12-4-7-22(26,27)8-5-12/h6,9,11-12,14,16,18H,4-5,7-8,10,28H2,1-3H3/t14-,18-/m0/s1. The summed E-state index contributed by atoms with van der Waals surface area (Å²) in [5.74, 6) is -6.30. The van der Waals surface area contributed by atoms with Gasteiger partial charge in [-0.25, -0.2) is 26.9 Å². The molecule has 2 N–H and O–H groups in total. The summed E-state index contributed by atoms with van der Waals surface area (Å²) < 4.78 is 75.1. The van der Waals surface area contributed by atoms with Crippen molar-refractivity contribution in [3.05, 3.63) is 35.5 Å². The molecule has 0 amide bonds. The Morgan fingerprint density at radius 1 is 1.31 bits per heavy atom. The third-order valence-corrected chi connectivity index (χ3v) is 5.71. The van der Waals surface area contributed by atoms with Crippen molar-refractivity contribution < 1.29 is 31.5 Å². The minimum absolute atomic E-state index is 0.170. The first-order valence-electron chi connectivity index (χ1n) is 10.6. The minimum atomic E-state index is -2.85. The molecule has 1 aliphatic carbocycles. The highest BCUT2D eigenvalue weighted by Gasteiger charge is 2.38. The number of aromatic nitrogens is 2. The Morgan fingerprint density at radius 3 is 2.50 bits per heavy atom. The van der Waals surface area contributed by atoms with Crippen LogP contribution >= 0.6 is 0 Å². The highest BCUT2D eigenvalue weighted by molar-refractivity contribution is 5.79. The summed E-state index contributed by atoms with van der Waals surface area (Å²) in [5, 5.41) is 0. The Balaban J connectivity index is 1.91. The van der Waals surface area contributed by atoms with E-state index in [2.05, 4.69) is 4.98 Å². The first-order chi connectivity index (χ1) is 14.8. The number of esters is 1. The molecule has 2 heterocycles. The molecular formula is C22H28F5N3O2. The molecule has 2 aromatic heterocycles. The maximum atomic E-state index is 15.3. The summed E-state index contributed by atoms with van der Waals surface area (Å²) in [4.78, 5) is 16.7. The molecule has 0 saturated heterocycles. The Morgan fingerprint density at radius 2 is 1.94 bits per heavy atom. The van der Waals surface area contributed by atoms with Crippen LogP contribution in [0.1, 0.15) is 76.1 Å². The van der Waals surface area contributed by atoms with Gasteiger partial charge in [0.15, 0.2) is 11.5 Å². The van der Waals surface area contributed by atoms with Gasteiger partial charge in [0.1, 0.15) is 5.60 Å². The van der Waals surface area contributed by atoms with Gasteiger partial charge >= 0.3 is 5.97 Å². The van der Waals surface area contributed by atoms with Crippen molar-refractivity contribution in [2.24, 2.45) is 11.7 Å². The predicted molar refractivity (Wildman–Crippen MR) is 108 cm³/mol. The first kappa shape index (κ1) is 24.4. The van der Waals surface area contributed by atoms with Crippen LogP contribution in [0, 0.1) is 11.7 Å². The highest BCUT2D eigenvalue weighted by atomic mass is 19.3. The van der Waals surface area contributed by atoms with Gasteiger partial charge < -0.3 is 14.9 Å². The number of fused-ring (bicyclic) bond motifs is 1. The van der Waals surface area contributed by atoms with Crippen LogP contribution in [0.15, 0.2) is 18.5 Å². The molecule has 1 aliphatic rings. The molecule has 0 bridgehead atoms. The number of halogens is 5. The molecule has 0 spiro atoms. The number of alkyl halides is 4. The van der Waals surface area contributed by atoms with E-state index >= 15 is 4.39 Å². The number of rotatable bonds is 6. The normalized spacial score (nSPS) is 19.3. The van der Waals surface area contributed by atoms with E-state index in [0.717, 1.165) is 0 Å². The van der Waals surface area contributed by atoms with Crippen LogP contribution in [-0.2, 0) is 9.53 Å². The van der Waals surface area contributed by atoms with E-state index in [1.54, 1.807) is 20.8 Å². The van der Waals surface area contributed by atoms with Crippen LogP contribution in [0.5, 0.6) is 0 Å². The van der Waals surface area contributed by atoms with E-state index in [1.807, 2.05) is 0 Å². The Hall–Kier alpha value is -2.23. The zero-order valence-electron chi connectivity index (χ0n) is 18.3. The summed E-state index contributed by atoms with van der Waals surface area (Å²) in [5.41, 5.74) is 5.22.